The molecule has 0 spiro atoms. The zero-order valence-corrected chi connectivity index (χ0v) is 11.8. The van der Waals surface area contributed by atoms with Crippen LogP contribution in [0.4, 0.5) is 5.69 Å². The standard InChI is InChI=1S/C15H18N2O4/c1-15(7-3-2-4-8-15)14(19)16-10-11-5-6-13(18)12(9-11)17(20)21/h2-3,5-6,9,18H,4,7-8,10H2,1H3,(H,16,19). The van der Waals surface area contributed by atoms with Crippen molar-refractivity contribution in [3.8, 4) is 5.75 Å². The Morgan fingerprint density at radius 2 is 2.24 bits per heavy atom. The Balaban J connectivity index is 2.03. The summed E-state index contributed by atoms with van der Waals surface area (Å²) in [7, 11) is 0. The minimum atomic E-state index is -0.645. The van der Waals surface area contributed by atoms with Gasteiger partial charge < -0.3 is 10.4 Å². The molecule has 1 amide bonds. The Morgan fingerprint density at radius 3 is 2.86 bits per heavy atom. The van der Waals surface area contributed by atoms with E-state index in [4.69, 9.17) is 0 Å². The minimum absolute atomic E-state index is 0.0532. The first-order valence-electron chi connectivity index (χ1n) is 6.82. The maximum absolute atomic E-state index is 12.3. The lowest BCUT2D eigenvalue weighted by molar-refractivity contribution is -0.385. The number of allylic oxidation sites excluding steroid dienone is 2. The molecule has 0 fully saturated rings. The van der Waals surface area contributed by atoms with Crippen LogP contribution in [0.3, 0.4) is 0 Å². The monoisotopic (exact) mass is 290 g/mol. The number of nitro groups is 1. The lowest BCUT2D eigenvalue weighted by atomic mass is 9.78. The molecular formula is C15H18N2O4. The smallest absolute Gasteiger partial charge is 0.311 e. The fourth-order valence-corrected chi connectivity index (χ4v) is 2.39. The minimum Gasteiger partial charge on any atom is -0.502 e. The Bertz CT molecular complexity index is 597. The van der Waals surface area contributed by atoms with Crippen LogP contribution < -0.4 is 5.32 Å². The third-order valence-corrected chi connectivity index (χ3v) is 3.84. The molecule has 0 saturated heterocycles. The number of nitrogens with zero attached hydrogens (tertiary/aromatic N) is 1. The van der Waals surface area contributed by atoms with E-state index < -0.39 is 10.3 Å². The second kappa shape index (κ2) is 5.95. The van der Waals surface area contributed by atoms with Gasteiger partial charge in [0.2, 0.25) is 5.91 Å². The molecule has 1 aliphatic rings. The van der Waals surface area contributed by atoms with Gasteiger partial charge in [0.05, 0.1) is 10.3 Å². The van der Waals surface area contributed by atoms with Crippen molar-refractivity contribution in [3.05, 3.63) is 46.0 Å². The van der Waals surface area contributed by atoms with E-state index >= 15 is 0 Å². The number of hydrogen-bond donors (Lipinski definition) is 2. The molecule has 6 nitrogen and oxygen atoms in total. The van der Waals surface area contributed by atoms with Gasteiger partial charge in [0, 0.05) is 12.6 Å². The maximum Gasteiger partial charge on any atom is 0.311 e. The van der Waals surface area contributed by atoms with Gasteiger partial charge in [-0.25, -0.2) is 0 Å². The zero-order chi connectivity index (χ0) is 15.5. The number of carbonyl (C=O) groups excluding carboxylic acids is 1. The van der Waals surface area contributed by atoms with E-state index in [1.165, 1.54) is 12.1 Å². The van der Waals surface area contributed by atoms with Gasteiger partial charge in [-0.15, -0.1) is 0 Å². The van der Waals surface area contributed by atoms with Gasteiger partial charge in [-0.3, -0.25) is 14.9 Å². The fraction of sp³-hybridized carbons (Fsp3) is 0.400. The normalized spacial score (nSPS) is 21.0. The topological polar surface area (TPSA) is 92.5 Å². The van der Waals surface area contributed by atoms with Crippen LogP contribution in [0, 0.1) is 15.5 Å². The molecule has 1 aliphatic carbocycles. The van der Waals surface area contributed by atoms with Crippen molar-refractivity contribution < 1.29 is 14.8 Å². The molecule has 0 heterocycles. The number of aromatic hydroxyl groups is 1. The summed E-state index contributed by atoms with van der Waals surface area (Å²) in [4.78, 5) is 22.4. The summed E-state index contributed by atoms with van der Waals surface area (Å²) in [6.45, 7) is 2.13. The van der Waals surface area contributed by atoms with E-state index in [1.807, 2.05) is 13.0 Å². The van der Waals surface area contributed by atoms with E-state index in [9.17, 15) is 20.0 Å². The molecule has 2 rings (SSSR count). The van der Waals surface area contributed by atoms with Crippen molar-refractivity contribution in [1.82, 2.24) is 5.32 Å². The highest BCUT2D eigenvalue weighted by Crippen LogP contribution is 2.32. The average molecular weight is 290 g/mol. The largest absolute Gasteiger partial charge is 0.502 e. The van der Waals surface area contributed by atoms with E-state index in [0.29, 0.717) is 12.0 Å². The molecule has 2 N–H and O–H groups in total. The molecule has 1 unspecified atom stereocenters. The highest BCUT2D eigenvalue weighted by Gasteiger charge is 2.32. The number of rotatable bonds is 4. The predicted octanol–water partition coefficient (Wildman–Crippen LogP) is 2.66. The number of amides is 1. The number of phenolic OH excluding ortho intramolecular Hbond substituents is 1. The van der Waals surface area contributed by atoms with Crippen LogP contribution in [0.5, 0.6) is 5.75 Å². The third-order valence-electron chi connectivity index (χ3n) is 3.84. The molecule has 1 aromatic carbocycles. The van der Waals surface area contributed by atoms with Crippen molar-refractivity contribution >= 4 is 11.6 Å². The Hall–Kier alpha value is -2.37. The molecule has 0 aliphatic heterocycles. The lowest BCUT2D eigenvalue weighted by Crippen LogP contribution is -2.39. The number of hydrogen-bond acceptors (Lipinski definition) is 4. The molecule has 0 saturated carbocycles. The first-order valence-corrected chi connectivity index (χ1v) is 6.82. The van der Waals surface area contributed by atoms with Crippen molar-refractivity contribution in [1.29, 1.82) is 0 Å². The molecular weight excluding hydrogens is 272 g/mol. The summed E-state index contributed by atoms with van der Waals surface area (Å²) in [5, 5.41) is 23.0. The van der Waals surface area contributed by atoms with E-state index in [2.05, 4.69) is 11.4 Å². The molecule has 0 bridgehead atoms. The molecule has 0 radical (unpaired) electrons. The van der Waals surface area contributed by atoms with Gasteiger partial charge in [-0.2, -0.15) is 0 Å². The summed E-state index contributed by atoms with van der Waals surface area (Å²) in [6.07, 6.45) is 6.46. The number of nitrogens with one attached hydrogen (secondary N) is 1. The van der Waals surface area contributed by atoms with Crippen LogP contribution in [0.25, 0.3) is 0 Å². The number of nitro benzene ring substituents is 1. The summed E-state index contributed by atoms with van der Waals surface area (Å²) in [5.41, 5.74) is -0.186. The molecule has 1 aromatic rings. The van der Waals surface area contributed by atoms with Gasteiger partial charge in [-0.05, 0) is 30.9 Å². The van der Waals surface area contributed by atoms with Crippen molar-refractivity contribution in [3.63, 3.8) is 0 Å². The Kier molecular flexibility index (Phi) is 4.26. The van der Waals surface area contributed by atoms with Crippen molar-refractivity contribution in [2.24, 2.45) is 5.41 Å². The molecule has 6 heteroatoms. The first kappa shape index (κ1) is 15.0. The van der Waals surface area contributed by atoms with E-state index in [-0.39, 0.29) is 23.9 Å². The van der Waals surface area contributed by atoms with Crippen LogP contribution >= 0.6 is 0 Å². The molecule has 112 valence electrons. The van der Waals surface area contributed by atoms with Crippen LogP contribution in [0.15, 0.2) is 30.4 Å². The summed E-state index contributed by atoms with van der Waals surface area (Å²) in [5.74, 6) is -0.429. The average Bonchev–Trinajstić information content (AvgIpc) is 2.46. The van der Waals surface area contributed by atoms with Gasteiger partial charge in [-0.1, -0.05) is 25.1 Å². The second-order valence-electron chi connectivity index (χ2n) is 5.54. The first-order chi connectivity index (χ1) is 9.92. The second-order valence-corrected chi connectivity index (χ2v) is 5.54. The quantitative estimate of drug-likeness (QED) is 0.506. The Labute approximate surface area is 122 Å². The van der Waals surface area contributed by atoms with Crippen molar-refractivity contribution in [2.45, 2.75) is 32.7 Å². The summed E-state index contributed by atoms with van der Waals surface area (Å²) < 4.78 is 0. The van der Waals surface area contributed by atoms with E-state index in [0.717, 1.165) is 12.8 Å². The van der Waals surface area contributed by atoms with Crippen LogP contribution in [0.1, 0.15) is 31.7 Å². The van der Waals surface area contributed by atoms with Gasteiger partial charge >= 0.3 is 5.69 Å². The number of carbonyl (C=O) groups is 1. The molecule has 1 atom stereocenters. The number of benzene rings is 1. The van der Waals surface area contributed by atoms with Gasteiger partial charge in [0.1, 0.15) is 0 Å². The highest BCUT2D eigenvalue weighted by atomic mass is 16.6. The Morgan fingerprint density at radius 1 is 1.48 bits per heavy atom. The highest BCUT2D eigenvalue weighted by molar-refractivity contribution is 5.82. The van der Waals surface area contributed by atoms with Crippen LogP contribution in [-0.2, 0) is 11.3 Å². The van der Waals surface area contributed by atoms with Crippen LogP contribution in [-0.4, -0.2) is 15.9 Å². The maximum atomic E-state index is 12.3. The summed E-state index contributed by atoms with van der Waals surface area (Å²) >= 11 is 0. The third kappa shape index (κ3) is 3.39. The van der Waals surface area contributed by atoms with Crippen LogP contribution in [0.2, 0.25) is 0 Å². The SMILES string of the molecule is CC1(C(=O)NCc2ccc(O)c([N+](=O)[O-])c2)CC=CCC1. The van der Waals surface area contributed by atoms with Gasteiger partial charge in [0.15, 0.2) is 5.75 Å². The molecule has 21 heavy (non-hydrogen) atoms. The van der Waals surface area contributed by atoms with Crippen molar-refractivity contribution in [2.75, 3.05) is 0 Å². The molecule has 0 aromatic heterocycles. The number of phenols is 1. The lowest BCUT2D eigenvalue weighted by Gasteiger charge is -2.29. The predicted molar refractivity (Wildman–Crippen MR) is 77.7 cm³/mol. The fourth-order valence-electron chi connectivity index (χ4n) is 2.39. The zero-order valence-electron chi connectivity index (χ0n) is 11.8. The van der Waals surface area contributed by atoms with Gasteiger partial charge in [0.25, 0.3) is 0 Å². The van der Waals surface area contributed by atoms with E-state index in [1.54, 1.807) is 6.07 Å². The summed E-state index contributed by atoms with van der Waals surface area (Å²) in [6, 6.07) is 4.11.